The quantitative estimate of drug-likeness (QED) is 0.878. The van der Waals surface area contributed by atoms with Crippen LogP contribution in [-0.2, 0) is 16.6 Å². The van der Waals surface area contributed by atoms with Crippen molar-refractivity contribution in [1.82, 2.24) is 9.29 Å². The lowest BCUT2D eigenvalue weighted by atomic mass is 10.3. The molecular weight excluding hydrogens is 324 g/mol. The Balaban J connectivity index is 2.14. The number of halogens is 1. The second kappa shape index (κ2) is 6.73. The lowest BCUT2D eigenvalue weighted by molar-refractivity contribution is 0.402. The first kappa shape index (κ1) is 16.9. The third kappa shape index (κ3) is 3.63. The van der Waals surface area contributed by atoms with E-state index < -0.39 is 10.0 Å². The maximum atomic E-state index is 12.4. The number of nitrogens with one attached hydrogen (secondary N) is 1. The van der Waals surface area contributed by atoms with Gasteiger partial charge in [0.05, 0.1) is 7.11 Å². The third-order valence-electron chi connectivity index (χ3n) is 3.46. The highest BCUT2D eigenvalue weighted by Crippen LogP contribution is 2.26. The van der Waals surface area contributed by atoms with Crippen LogP contribution in [0.3, 0.4) is 0 Å². The Morgan fingerprint density at radius 3 is 2.41 bits per heavy atom. The number of rotatable bonds is 6. The molecule has 0 amide bonds. The SMILES string of the molecule is COc1ccc(Cl)cc1S(=O)(=O)NCCn1c(C)ccc1C. The second-order valence-corrected chi connectivity index (χ2v) is 7.13. The maximum absolute atomic E-state index is 12.4. The zero-order valence-electron chi connectivity index (χ0n) is 12.8. The summed E-state index contributed by atoms with van der Waals surface area (Å²) in [7, 11) is -2.25. The molecular formula is C15H19ClN2O3S. The van der Waals surface area contributed by atoms with E-state index in [9.17, 15) is 8.42 Å². The largest absolute Gasteiger partial charge is 0.495 e. The standard InChI is InChI=1S/C15H19ClN2O3S/c1-11-4-5-12(2)18(11)9-8-17-22(19,20)15-10-13(16)6-7-14(15)21-3/h4-7,10,17H,8-9H2,1-3H3. The molecule has 0 saturated heterocycles. The van der Waals surface area contributed by atoms with Gasteiger partial charge in [0.2, 0.25) is 10.0 Å². The van der Waals surface area contributed by atoms with Gasteiger partial charge in [-0.1, -0.05) is 11.6 Å². The van der Waals surface area contributed by atoms with E-state index in [1.807, 2.05) is 26.0 Å². The topological polar surface area (TPSA) is 60.3 Å². The molecule has 0 aliphatic rings. The van der Waals surface area contributed by atoms with Crippen molar-refractivity contribution in [2.75, 3.05) is 13.7 Å². The normalized spacial score (nSPS) is 11.6. The highest BCUT2D eigenvalue weighted by Gasteiger charge is 2.19. The molecule has 120 valence electrons. The summed E-state index contributed by atoms with van der Waals surface area (Å²) < 4.78 is 34.5. The van der Waals surface area contributed by atoms with Crippen molar-refractivity contribution in [2.45, 2.75) is 25.3 Å². The van der Waals surface area contributed by atoms with Crippen molar-refractivity contribution in [3.8, 4) is 5.75 Å². The number of hydrogen-bond donors (Lipinski definition) is 1. The minimum atomic E-state index is -3.68. The number of aryl methyl sites for hydroxylation is 2. The molecule has 0 unspecified atom stereocenters. The molecule has 0 fully saturated rings. The fourth-order valence-corrected chi connectivity index (χ4v) is 3.73. The number of benzene rings is 1. The Bertz CT molecular complexity index is 750. The summed E-state index contributed by atoms with van der Waals surface area (Å²) in [5, 5.41) is 0.346. The summed E-state index contributed by atoms with van der Waals surface area (Å²) in [6.45, 7) is 4.82. The monoisotopic (exact) mass is 342 g/mol. The number of nitrogens with zero attached hydrogens (tertiary/aromatic N) is 1. The summed E-state index contributed by atoms with van der Waals surface area (Å²) in [6.07, 6.45) is 0. The molecule has 0 saturated carbocycles. The first-order valence-electron chi connectivity index (χ1n) is 6.81. The highest BCUT2D eigenvalue weighted by molar-refractivity contribution is 7.89. The third-order valence-corrected chi connectivity index (χ3v) is 5.18. The van der Waals surface area contributed by atoms with Crippen molar-refractivity contribution >= 4 is 21.6 Å². The molecule has 0 aliphatic carbocycles. The van der Waals surface area contributed by atoms with E-state index in [0.717, 1.165) is 11.4 Å². The van der Waals surface area contributed by atoms with Gasteiger partial charge in [-0.3, -0.25) is 0 Å². The number of sulfonamides is 1. The van der Waals surface area contributed by atoms with Crippen molar-refractivity contribution in [3.05, 3.63) is 46.7 Å². The maximum Gasteiger partial charge on any atom is 0.244 e. The van der Waals surface area contributed by atoms with Crippen LogP contribution >= 0.6 is 11.6 Å². The molecule has 1 aromatic heterocycles. The van der Waals surface area contributed by atoms with Gasteiger partial charge in [0, 0.05) is 29.5 Å². The molecule has 5 nitrogen and oxygen atoms in total. The van der Waals surface area contributed by atoms with Crippen LogP contribution in [-0.4, -0.2) is 26.6 Å². The predicted octanol–water partition coefficient (Wildman–Crippen LogP) is 2.75. The lowest BCUT2D eigenvalue weighted by Gasteiger charge is -2.13. The van der Waals surface area contributed by atoms with Gasteiger partial charge in [0.1, 0.15) is 10.6 Å². The lowest BCUT2D eigenvalue weighted by Crippen LogP contribution is -2.28. The Morgan fingerprint density at radius 1 is 1.18 bits per heavy atom. The van der Waals surface area contributed by atoms with Gasteiger partial charge >= 0.3 is 0 Å². The molecule has 0 spiro atoms. The van der Waals surface area contributed by atoms with E-state index in [4.69, 9.17) is 16.3 Å². The van der Waals surface area contributed by atoms with Gasteiger partial charge in [-0.05, 0) is 44.2 Å². The van der Waals surface area contributed by atoms with Crippen molar-refractivity contribution in [2.24, 2.45) is 0 Å². The molecule has 1 aromatic carbocycles. The minimum absolute atomic E-state index is 0.0449. The molecule has 7 heteroatoms. The van der Waals surface area contributed by atoms with E-state index in [1.165, 1.54) is 19.2 Å². The molecule has 1 N–H and O–H groups in total. The van der Waals surface area contributed by atoms with E-state index in [2.05, 4.69) is 9.29 Å². The zero-order chi connectivity index (χ0) is 16.3. The van der Waals surface area contributed by atoms with Crippen LogP contribution in [0, 0.1) is 13.8 Å². The van der Waals surface area contributed by atoms with E-state index >= 15 is 0 Å². The first-order valence-corrected chi connectivity index (χ1v) is 8.67. The van der Waals surface area contributed by atoms with Gasteiger partial charge in [-0.15, -0.1) is 0 Å². The van der Waals surface area contributed by atoms with Gasteiger partial charge < -0.3 is 9.30 Å². The Kier molecular flexibility index (Phi) is 5.16. The molecule has 0 bridgehead atoms. The molecule has 22 heavy (non-hydrogen) atoms. The molecule has 2 aromatic rings. The summed E-state index contributed by atoms with van der Waals surface area (Å²) in [5.41, 5.74) is 2.19. The smallest absolute Gasteiger partial charge is 0.244 e. The summed E-state index contributed by atoms with van der Waals surface area (Å²) >= 11 is 5.88. The predicted molar refractivity (Wildman–Crippen MR) is 87.1 cm³/mol. The molecule has 0 radical (unpaired) electrons. The number of ether oxygens (including phenoxy) is 1. The van der Waals surface area contributed by atoms with E-state index in [1.54, 1.807) is 6.07 Å². The number of aromatic nitrogens is 1. The molecule has 2 rings (SSSR count). The van der Waals surface area contributed by atoms with Gasteiger partial charge in [-0.2, -0.15) is 0 Å². The fraction of sp³-hybridized carbons (Fsp3) is 0.333. The van der Waals surface area contributed by atoms with Crippen LogP contribution in [0.5, 0.6) is 5.75 Å². The van der Waals surface area contributed by atoms with Crippen molar-refractivity contribution < 1.29 is 13.2 Å². The molecule has 0 aliphatic heterocycles. The molecule has 0 atom stereocenters. The van der Waals surface area contributed by atoms with Crippen LogP contribution in [0.4, 0.5) is 0 Å². The molecule has 1 heterocycles. The fourth-order valence-electron chi connectivity index (χ4n) is 2.28. The summed E-state index contributed by atoms with van der Waals surface area (Å²) in [5.74, 6) is 0.269. The Labute approximate surface area is 135 Å². The number of methoxy groups -OCH3 is 1. The summed E-state index contributed by atoms with van der Waals surface area (Å²) in [4.78, 5) is 0.0449. The Morgan fingerprint density at radius 2 is 1.82 bits per heavy atom. The number of hydrogen-bond acceptors (Lipinski definition) is 3. The van der Waals surface area contributed by atoms with Crippen LogP contribution in [0.1, 0.15) is 11.4 Å². The van der Waals surface area contributed by atoms with Crippen LogP contribution < -0.4 is 9.46 Å². The van der Waals surface area contributed by atoms with E-state index in [-0.39, 0.29) is 17.2 Å². The Hall–Kier alpha value is -1.50. The van der Waals surface area contributed by atoms with Gasteiger partial charge in [0.25, 0.3) is 0 Å². The van der Waals surface area contributed by atoms with Crippen LogP contribution in [0.2, 0.25) is 5.02 Å². The van der Waals surface area contributed by atoms with Crippen molar-refractivity contribution in [1.29, 1.82) is 0 Å². The van der Waals surface area contributed by atoms with Crippen LogP contribution in [0.25, 0.3) is 0 Å². The van der Waals surface area contributed by atoms with Crippen LogP contribution in [0.15, 0.2) is 35.2 Å². The average Bonchev–Trinajstić information content (AvgIpc) is 2.79. The average molecular weight is 343 g/mol. The van der Waals surface area contributed by atoms with E-state index in [0.29, 0.717) is 11.6 Å². The second-order valence-electron chi connectivity index (χ2n) is 4.96. The van der Waals surface area contributed by atoms with Gasteiger partial charge in [-0.25, -0.2) is 13.1 Å². The highest BCUT2D eigenvalue weighted by atomic mass is 35.5. The summed E-state index contributed by atoms with van der Waals surface area (Å²) in [6, 6.07) is 8.52. The first-order chi connectivity index (χ1) is 10.3. The van der Waals surface area contributed by atoms with Gasteiger partial charge in [0.15, 0.2) is 0 Å². The van der Waals surface area contributed by atoms with Crippen molar-refractivity contribution in [3.63, 3.8) is 0 Å². The minimum Gasteiger partial charge on any atom is -0.495 e. The zero-order valence-corrected chi connectivity index (χ0v) is 14.3.